The number of benzene rings is 2. The Morgan fingerprint density at radius 1 is 0.792 bits per heavy atom. The van der Waals surface area contributed by atoms with E-state index in [1.807, 2.05) is 0 Å². The predicted octanol–water partition coefficient (Wildman–Crippen LogP) is 4.43. The molecule has 0 aliphatic carbocycles. The quantitative estimate of drug-likeness (QED) is 0.709. The lowest BCUT2D eigenvalue weighted by Crippen LogP contribution is -2.31. The van der Waals surface area contributed by atoms with Gasteiger partial charge in [-0.15, -0.1) is 0 Å². The topological polar surface area (TPSA) is 6.48 Å². The molecule has 0 spiro atoms. The molecule has 0 N–H and O–H groups in total. The molecule has 0 radical (unpaired) electrons. The van der Waals surface area contributed by atoms with Gasteiger partial charge in [0.25, 0.3) is 0 Å². The van der Waals surface area contributed by atoms with Crippen LogP contribution >= 0.6 is 0 Å². The Bertz CT molecular complexity index is 626. The second-order valence-corrected chi connectivity index (χ2v) is 7.06. The summed E-state index contributed by atoms with van der Waals surface area (Å²) in [7, 11) is 4.30. The van der Waals surface area contributed by atoms with Gasteiger partial charge in [-0.2, -0.15) is 0 Å². The molecule has 2 rings (SSSR count). The van der Waals surface area contributed by atoms with Gasteiger partial charge in [0.2, 0.25) is 0 Å². The minimum Gasteiger partial charge on any atom is -0.308 e. The summed E-state index contributed by atoms with van der Waals surface area (Å²) in [5, 5.41) is 0. The van der Waals surface area contributed by atoms with Crippen molar-refractivity contribution in [3.8, 4) is 0 Å². The Kier molecular flexibility index (Phi) is 7.01. The van der Waals surface area contributed by atoms with Crippen LogP contribution in [-0.4, -0.2) is 37.0 Å². The van der Waals surface area contributed by atoms with Crippen LogP contribution in [0.5, 0.6) is 0 Å². The molecule has 2 nitrogen and oxygen atoms in total. The van der Waals surface area contributed by atoms with Crippen molar-refractivity contribution in [3.05, 3.63) is 70.3 Å². The highest BCUT2D eigenvalue weighted by Crippen LogP contribution is 2.18. The van der Waals surface area contributed by atoms with Crippen molar-refractivity contribution >= 4 is 0 Å². The molecule has 0 aliphatic rings. The van der Waals surface area contributed by atoms with E-state index in [-0.39, 0.29) is 0 Å². The maximum atomic E-state index is 2.57. The van der Waals surface area contributed by atoms with E-state index >= 15 is 0 Å². The van der Waals surface area contributed by atoms with Crippen LogP contribution in [-0.2, 0) is 19.5 Å². The molecule has 0 bridgehead atoms. The molecule has 2 heteroatoms. The molecule has 0 aromatic heterocycles. The zero-order valence-electron chi connectivity index (χ0n) is 16.0. The Morgan fingerprint density at radius 3 is 2.04 bits per heavy atom. The van der Waals surface area contributed by atoms with E-state index in [0.717, 1.165) is 32.6 Å². The molecule has 0 fully saturated rings. The third kappa shape index (κ3) is 5.47. The molecular formula is C22H32N2. The summed E-state index contributed by atoms with van der Waals surface area (Å²) in [5.74, 6) is 0. The summed E-state index contributed by atoms with van der Waals surface area (Å²) in [6.45, 7) is 10.9. The van der Waals surface area contributed by atoms with Gasteiger partial charge in [0.15, 0.2) is 0 Å². The van der Waals surface area contributed by atoms with Crippen LogP contribution in [0.15, 0.2) is 42.5 Å². The van der Waals surface area contributed by atoms with Gasteiger partial charge < -0.3 is 4.90 Å². The maximum absolute atomic E-state index is 2.57. The molecule has 130 valence electrons. The van der Waals surface area contributed by atoms with Crippen LogP contribution in [0.25, 0.3) is 0 Å². The predicted molar refractivity (Wildman–Crippen MR) is 104 cm³/mol. The highest BCUT2D eigenvalue weighted by atomic mass is 15.2. The van der Waals surface area contributed by atoms with Gasteiger partial charge in [-0.1, -0.05) is 49.4 Å². The van der Waals surface area contributed by atoms with E-state index in [0.29, 0.717) is 0 Å². The highest BCUT2D eigenvalue weighted by molar-refractivity contribution is 5.33. The van der Waals surface area contributed by atoms with Crippen molar-refractivity contribution < 1.29 is 0 Å². The molecule has 0 saturated carbocycles. The largest absolute Gasteiger partial charge is 0.308 e. The van der Waals surface area contributed by atoms with Crippen molar-refractivity contribution in [1.29, 1.82) is 0 Å². The second kappa shape index (κ2) is 9.00. The van der Waals surface area contributed by atoms with Crippen LogP contribution in [0.1, 0.15) is 34.7 Å². The van der Waals surface area contributed by atoms with Crippen molar-refractivity contribution in [2.24, 2.45) is 0 Å². The van der Waals surface area contributed by atoms with Gasteiger partial charge in [0.05, 0.1) is 0 Å². The lowest BCUT2D eigenvalue weighted by molar-refractivity contribution is 0.225. The third-order valence-corrected chi connectivity index (χ3v) is 4.70. The van der Waals surface area contributed by atoms with Crippen molar-refractivity contribution in [1.82, 2.24) is 9.80 Å². The number of rotatable bonds is 8. The first-order valence-electron chi connectivity index (χ1n) is 8.99. The first kappa shape index (κ1) is 18.7. The van der Waals surface area contributed by atoms with Crippen LogP contribution in [0, 0.1) is 13.8 Å². The second-order valence-electron chi connectivity index (χ2n) is 7.06. The monoisotopic (exact) mass is 324 g/mol. The van der Waals surface area contributed by atoms with Crippen LogP contribution < -0.4 is 0 Å². The normalized spacial score (nSPS) is 11.5. The summed E-state index contributed by atoms with van der Waals surface area (Å²) >= 11 is 0. The molecule has 0 unspecified atom stereocenters. The Balaban J connectivity index is 2.17. The Labute approximate surface area is 148 Å². The molecule has 0 saturated heterocycles. The SMILES string of the molecule is CCc1cccc(CN(CCN(C)C)Cc2c(C)cccc2C)c1. The van der Waals surface area contributed by atoms with E-state index in [2.05, 4.69) is 87.1 Å². The van der Waals surface area contributed by atoms with E-state index < -0.39 is 0 Å². The maximum Gasteiger partial charge on any atom is 0.0243 e. The highest BCUT2D eigenvalue weighted by Gasteiger charge is 2.11. The zero-order chi connectivity index (χ0) is 17.5. The zero-order valence-corrected chi connectivity index (χ0v) is 16.0. The van der Waals surface area contributed by atoms with Crippen LogP contribution in [0.3, 0.4) is 0 Å². The minimum absolute atomic E-state index is 1.01. The van der Waals surface area contributed by atoms with Gasteiger partial charge in [-0.3, -0.25) is 4.90 Å². The molecule has 2 aromatic carbocycles. The van der Waals surface area contributed by atoms with Gasteiger partial charge in [0, 0.05) is 26.2 Å². The Hall–Kier alpha value is -1.64. The molecule has 0 atom stereocenters. The van der Waals surface area contributed by atoms with E-state index in [1.54, 1.807) is 0 Å². The standard InChI is InChI=1S/C22H32N2/c1-6-20-11-8-12-21(15-20)16-24(14-13-23(4)5)17-22-18(2)9-7-10-19(22)3/h7-12,15H,6,13-14,16-17H2,1-5H3. The Morgan fingerprint density at radius 2 is 1.42 bits per heavy atom. The number of hydrogen-bond donors (Lipinski definition) is 0. The third-order valence-electron chi connectivity index (χ3n) is 4.70. The van der Waals surface area contributed by atoms with E-state index in [1.165, 1.54) is 27.8 Å². The van der Waals surface area contributed by atoms with Crippen LogP contribution in [0.2, 0.25) is 0 Å². The van der Waals surface area contributed by atoms with Gasteiger partial charge >= 0.3 is 0 Å². The average molecular weight is 325 g/mol. The number of hydrogen-bond acceptors (Lipinski definition) is 2. The fraction of sp³-hybridized carbons (Fsp3) is 0.455. The fourth-order valence-corrected chi connectivity index (χ4v) is 3.08. The molecule has 24 heavy (non-hydrogen) atoms. The smallest absolute Gasteiger partial charge is 0.0243 e. The summed E-state index contributed by atoms with van der Waals surface area (Å²) in [6, 6.07) is 15.6. The lowest BCUT2D eigenvalue weighted by atomic mass is 10.0. The summed E-state index contributed by atoms with van der Waals surface area (Å²) < 4.78 is 0. The van der Waals surface area contributed by atoms with Crippen LogP contribution in [0.4, 0.5) is 0 Å². The average Bonchev–Trinajstić information content (AvgIpc) is 2.56. The van der Waals surface area contributed by atoms with Gasteiger partial charge in [-0.25, -0.2) is 0 Å². The summed E-state index contributed by atoms with van der Waals surface area (Å²) in [5.41, 5.74) is 7.11. The van der Waals surface area contributed by atoms with E-state index in [4.69, 9.17) is 0 Å². The number of likely N-dealkylation sites (N-methyl/N-ethyl adjacent to an activating group) is 1. The first-order chi connectivity index (χ1) is 11.5. The van der Waals surface area contributed by atoms with E-state index in [9.17, 15) is 0 Å². The lowest BCUT2D eigenvalue weighted by Gasteiger charge is -2.26. The molecule has 0 aliphatic heterocycles. The minimum atomic E-state index is 1.01. The summed E-state index contributed by atoms with van der Waals surface area (Å²) in [4.78, 5) is 4.84. The molecular weight excluding hydrogens is 292 g/mol. The van der Waals surface area contributed by atoms with Crippen molar-refractivity contribution in [2.45, 2.75) is 40.3 Å². The molecule has 0 amide bonds. The fourth-order valence-electron chi connectivity index (χ4n) is 3.08. The number of nitrogens with zero attached hydrogens (tertiary/aromatic N) is 2. The molecule has 2 aromatic rings. The number of aryl methyl sites for hydroxylation is 3. The summed E-state index contributed by atoms with van der Waals surface area (Å²) in [6.07, 6.45) is 1.10. The first-order valence-corrected chi connectivity index (χ1v) is 8.99. The van der Waals surface area contributed by atoms with Gasteiger partial charge in [0.1, 0.15) is 0 Å². The van der Waals surface area contributed by atoms with Crippen molar-refractivity contribution in [2.75, 3.05) is 27.2 Å². The molecule has 0 heterocycles. The van der Waals surface area contributed by atoms with Crippen molar-refractivity contribution in [3.63, 3.8) is 0 Å². The van der Waals surface area contributed by atoms with Gasteiger partial charge in [-0.05, 0) is 62.2 Å².